The Morgan fingerprint density at radius 1 is 1.14 bits per heavy atom. The molecule has 0 aliphatic carbocycles. The molecule has 1 unspecified atom stereocenters. The number of halogens is 3. The molecular formula is C27H30F3N5O2. The minimum Gasteiger partial charge on any atom is -0.371 e. The van der Waals surface area contributed by atoms with E-state index in [1.807, 2.05) is 42.2 Å². The van der Waals surface area contributed by atoms with Gasteiger partial charge in [-0.05, 0) is 55.7 Å². The second-order valence-electron chi connectivity index (χ2n) is 9.52. The lowest BCUT2D eigenvalue weighted by Crippen LogP contribution is -2.39. The van der Waals surface area contributed by atoms with Gasteiger partial charge in [0, 0.05) is 50.5 Å². The van der Waals surface area contributed by atoms with Crippen molar-refractivity contribution in [1.82, 2.24) is 10.2 Å². The molecule has 0 spiro atoms. The van der Waals surface area contributed by atoms with Crippen LogP contribution in [0.5, 0.6) is 0 Å². The first-order valence-corrected chi connectivity index (χ1v) is 12.4. The van der Waals surface area contributed by atoms with Crippen molar-refractivity contribution in [2.24, 2.45) is 11.8 Å². The number of hydrogen-bond acceptors (Lipinski definition) is 5. The third kappa shape index (κ3) is 6.34. The highest BCUT2D eigenvalue weighted by molar-refractivity contribution is 5.89. The summed E-state index contributed by atoms with van der Waals surface area (Å²) < 4.78 is 38.9. The Labute approximate surface area is 214 Å². The smallest absolute Gasteiger partial charge is 0.371 e. The van der Waals surface area contributed by atoms with E-state index in [9.17, 15) is 28.0 Å². The van der Waals surface area contributed by atoms with Crippen LogP contribution in [0.1, 0.15) is 37.3 Å². The Hall–Kier alpha value is -3.74. The molecule has 2 aliphatic rings. The number of amides is 2. The first kappa shape index (κ1) is 26.3. The zero-order valence-corrected chi connectivity index (χ0v) is 20.6. The summed E-state index contributed by atoms with van der Waals surface area (Å²) in [5.74, 6) is -1.71. The van der Waals surface area contributed by atoms with Crippen LogP contribution in [0.4, 0.5) is 30.2 Å². The Morgan fingerprint density at radius 3 is 2.43 bits per heavy atom. The van der Waals surface area contributed by atoms with Gasteiger partial charge in [0.1, 0.15) is 6.07 Å². The van der Waals surface area contributed by atoms with Gasteiger partial charge in [-0.2, -0.15) is 18.4 Å². The molecule has 2 N–H and O–H groups in total. The molecule has 10 heteroatoms. The first-order chi connectivity index (χ1) is 17.7. The molecule has 7 nitrogen and oxygen atoms in total. The molecular weight excluding hydrogens is 483 g/mol. The van der Waals surface area contributed by atoms with E-state index in [0.29, 0.717) is 44.0 Å². The maximum Gasteiger partial charge on any atom is 0.391 e. The van der Waals surface area contributed by atoms with Crippen molar-refractivity contribution >= 4 is 28.9 Å². The van der Waals surface area contributed by atoms with E-state index in [4.69, 9.17) is 0 Å². The number of hydrogen-bond donors (Lipinski definition) is 2. The lowest BCUT2D eigenvalue weighted by molar-refractivity contribution is -0.179. The number of likely N-dealkylation sites (tertiary alicyclic amines) is 1. The van der Waals surface area contributed by atoms with E-state index in [1.165, 1.54) is 0 Å². The fourth-order valence-corrected chi connectivity index (χ4v) is 4.84. The van der Waals surface area contributed by atoms with Gasteiger partial charge in [-0.15, -0.1) is 0 Å². The molecule has 0 radical (unpaired) electrons. The van der Waals surface area contributed by atoms with E-state index in [-0.39, 0.29) is 37.0 Å². The number of carbonyl (C=O) groups excluding carboxylic acids is 2. The summed E-state index contributed by atoms with van der Waals surface area (Å²) in [4.78, 5) is 27.8. The van der Waals surface area contributed by atoms with Gasteiger partial charge in [0.2, 0.25) is 11.8 Å². The molecule has 4 rings (SSSR count). The van der Waals surface area contributed by atoms with Crippen LogP contribution in [-0.4, -0.2) is 49.1 Å². The first-order valence-electron chi connectivity index (χ1n) is 12.4. The van der Waals surface area contributed by atoms with Crippen LogP contribution in [0, 0.1) is 23.2 Å². The van der Waals surface area contributed by atoms with E-state index < -0.39 is 12.1 Å². The molecule has 0 aromatic heterocycles. The molecule has 2 saturated heterocycles. The summed E-state index contributed by atoms with van der Waals surface area (Å²) in [6.45, 7) is 3.90. The predicted molar refractivity (Wildman–Crippen MR) is 134 cm³/mol. The molecule has 2 aliphatic heterocycles. The molecule has 196 valence electrons. The molecule has 1 atom stereocenters. The molecule has 2 aromatic rings. The quantitative estimate of drug-likeness (QED) is 0.567. The zero-order valence-electron chi connectivity index (χ0n) is 20.6. The molecule has 0 saturated carbocycles. The number of nitrogens with zero attached hydrogens (tertiary/aromatic N) is 3. The van der Waals surface area contributed by atoms with Crippen molar-refractivity contribution in [2.45, 2.75) is 38.9 Å². The third-order valence-electron chi connectivity index (χ3n) is 7.11. The second kappa shape index (κ2) is 11.1. The maximum atomic E-state index is 13.0. The van der Waals surface area contributed by atoms with Gasteiger partial charge in [-0.3, -0.25) is 9.59 Å². The van der Waals surface area contributed by atoms with Gasteiger partial charge in [-0.25, -0.2) is 0 Å². The van der Waals surface area contributed by atoms with Gasteiger partial charge in [0.15, 0.2) is 0 Å². The van der Waals surface area contributed by atoms with Crippen LogP contribution in [0.3, 0.4) is 0 Å². The number of carbonyl (C=O) groups is 2. The Bertz CT molecular complexity index is 1170. The van der Waals surface area contributed by atoms with Gasteiger partial charge in [0.25, 0.3) is 0 Å². The van der Waals surface area contributed by atoms with Crippen LogP contribution in [0.25, 0.3) is 0 Å². The maximum absolute atomic E-state index is 13.0. The van der Waals surface area contributed by atoms with Crippen LogP contribution < -0.4 is 15.5 Å². The van der Waals surface area contributed by atoms with Crippen molar-refractivity contribution in [1.29, 1.82) is 5.26 Å². The van der Waals surface area contributed by atoms with E-state index >= 15 is 0 Å². The molecule has 37 heavy (non-hydrogen) atoms. The highest BCUT2D eigenvalue weighted by Gasteiger charge is 2.41. The predicted octanol–water partition coefficient (Wildman–Crippen LogP) is 4.57. The lowest BCUT2D eigenvalue weighted by Gasteiger charge is -2.34. The normalized spacial score (nSPS) is 18.6. The topological polar surface area (TPSA) is 88.5 Å². The summed E-state index contributed by atoms with van der Waals surface area (Å²) in [6.07, 6.45) is -3.82. The van der Waals surface area contributed by atoms with Gasteiger partial charge >= 0.3 is 6.18 Å². The summed E-state index contributed by atoms with van der Waals surface area (Å²) in [5.41, 5.74) is 3.39. The van der Waals surface area contributed by atoms with E-state index in [1.54, 1.807) is 17.0 Å². The van der Waals surface area contributed by atoms with Crippen LogP contribution in [0.15, 0.2) is 42.5 Å². The summed E-state index contributed by atoms with van der Waals surface area (Å²) >= 11 is 0. The molecule has 2 heterocycles. The van der Waals surface area contributed by atoms with Gasteiger partial charge in [-0.1, -0.05) is 12.1 Å². The van der Waals surface area contributed by atoms with E-state index in [2.05, 4.69) is 16.7 Å². The SMILES string of the molecule is CCN1CC(C(=O)NCc2ccc(Nc3ccc(N4CCC(C(F)(F)F)CC4)cc3C#N)cc2)CC1=O. The van der Waals surface area contributed by atoms with Crippen LogP contribution in [0.2, 0.25) is 0 Å². The molecule has 2 fully saturated rings. The van der Waals surface area contributed by atoms with Crippen molar-refractivity contribution in [2.75, 3.05) is 36.4 Å². The van der Waals surface area contributed by atoms with Crippen molar-refractivity contribution in [3.63, 3.8) is 0 Å². The molecule has 2 aromatic carbocycles. The Kier molecular flexibility index (Phi) is 7.91. The minimum atomic E-state index is -4.16. The zero-order chi connectivity index (χ0) is 26.6. The number of anilines is 3. The largest absolute Gasteiger partial charge is 0.391 e. The van der Waals surface area contributed by atoms with Gasteiger partial charge in [0.05, 0.1) is 23.1 Å². The number of nitriles is 1. The highest BCUT2D eigenvalue weighted by atomic mass is 19.4. The molecule has 0 bridgehead atoms. The summed E-state index contributed by atoms with van der Waals surface area (Å²) in [6, 6.07) is 14.9. The van der Waals surface area contributed by atoms with Crippen molar-refractivity contribution in [3.05, 3.63) is 53.6 Å². The minimum absolute atomic E-state index is 0.00821. The number of rotatable bonds is 7. The second-order valence-corrected chi connectivity index (χ2v) is 9.52. The standard InChI is InChI=1S/C27H30F3N5O2/c1-2-34-17-20(14-25(34)36)26(37)32-16-18-3-5-22(6-4-18)33-24-8-7-23(13-19(24)15-31)35-11-9-21(10-12-35)27(28,29)30/h3-8,13,20-21,33H,2,9-12,14,16-17H2,1H3,(H,32,37). The number of piperidine rings is 1. The van der Waals surface area contributed by atoms with Crippen LogP contribution in [-0.2, 0) is 16.1 Å². The average molecular weight is 514 g/mol. The molecule has 2 amide bonds. The Balaban J connectivity index is 1.32. The summed E-state index contributed by atoms with van der Waals surface area (Å²) in [5, 5.41) is 15.8. The van der Waals surface area contributed by atoms with Crippen molar-refractivity contribution < 1.29 is 22.8 Å². The monoisotopic (exact) mass is 513 g/mol. The third-order valence-corrected chi connectivity index (χ3v) is 7.11. The average Bonchev–Trinajstić information content (AvgIpc) is 3.28. The fraction of sp³-hybridized carbons (Fsp3) is 0.444. The van der Waals surface area contributed by atoms with E-state index in [0.717, 1.165) is 16.9 Å². The Morgan fingerprint density at radius 2 is 1.84 bits per heavy atom. The highest BCUT2D eigenvalue weighted by Crippen LogP contribution is 2.36. The number of benzene rings is 2. The summed E-state index contributed by atoms with van der Waals surface area (Å²) in [7, 11) is 0. The van der Waals surface area contributed by atoms with Gasteiger partial charge < -0.3 is 20.4 Å². The van der Waals surface area contributed by atoms with Crippen LogP contribution >= 0.6 is 0 Å². The number of alkyl halides is 3. The van der Waals surface area contributed by atoms with Crippen molar-refractivity contribution in [3.8, 4) is 6.07 Å². The fourth-order valence-electron chi connectivity index (χ4n) is 4.84. The lowest BCUT2D eigenvalue weighted by atomic mass is 9.95. The number of nitrogens with one attached hydrogen (secondary N) is 2.